The first-order valence-corrected chi connectivity index (χ1v) is 7.31. The lowest BCUT2D eigenvalue weighted by atomic mass is 10.1. The number of carbonyl (C=O) groups excluding carboxylic acids is 2. The van der Waals surface area contributed by atoms with E-state index in [-0.39, 0.29) is 5.76 Å². The number of hydrogen-bond donors (Lipinski definition) is 1. The lowest BCUT2D eigenvalue weighted by molar-refractivity contribution is -0.402. The zero-order valence-electron chi connectivity index (χ0n) is 13.6. The molecule has 0 bridgehead atoms. The van der Waals surface area contributed by atoms with E-state index in [1.165, 1.54) is 18.2 Å². The van der Waals surface area contributed by atoms with Gasteiger partial charge in [0.15, 0.2) is 6.61 Å². The zero-order chi connectivity index (χ0) is 18.4. The Kier molecular flexibility index (Phi) is 5.67. The fraction of sp³-hybridized carbons (Fsp3) is 0.176. The van der Waals surface area contributed by atoms with Gasteiger partial charge in [0.2, 0.25) is 0 Å². The second kappa shape index (κ2) is 7.91. The molecule has 0 saturated carbocycles. The Labute approximate surface area is 143 Å². The summed E-state index contributed by atoms with van der Waals surface area (Å²) in [4.78, 5) is 33.1. The van der Waals surface area contributed by atoms with Crippen LogP contribution in [0.2, 0.25) is 0 Å². The molecular weight excluding hydrogens is 328 g/mol. The highest BCUT2D eigenvalue weighted by atomic mass is 16.6. The van der Waals surface area contributed by atoms with Crippen molar-refractivity contribution in [3.8, 4) is 0 Å². The third kappa shape index (κ3) is 5.61. The minimum atomic E-state index is -0.769. The number of carbonyl (C=O) groups is 2. The van der Waals surface area contributed by atoms with Crippen LogP contribution in [0.3, 0.4) is 0 Å². The second-order valence-corrected chi connectivity index (χ2v) is 5.30. The minimum absolute atomic E-state index is 0.128. The number of anilines is 1. The molecule has 0 aliphatic rings. The topological polar surface area (TPSA) is 112 Å². The van der Waals surface area contributed by atoms with Crippen LogP contribution in [0.15, 0.2) is 40.8 Å². The Hall–Kier alpha value is -3.42. The average molecular weight is 344 g/mol. The molecule has 0 fully saturated rings. The molecule has 8 nitrogen and oxygen atoms in total. The molecule has 2 aromatic rings. The summed E-state index contributed by atoms with van der Waals surface area (Å²) in [6.45, 7) is 3.37. The summed E-state index contributed by atoms with van der Waals surface area (Å²) in [5, 5.41) is 13.1. The van der Waals surface area contributed by atoms with E-state index in [9.17, 15) is 19.7 Å². The van der Waals surface area contributed by atoms with Gasteiger partial charge in [-0.25, -0.2) is 4.79 Å². The molecule has 0 spiro atoms. The van der Waals surface area contributed by atoms with Crippen molar-refractivity contribution in [1.82, 2.24) is 0 Å². The fourth-order valence-corrected chi connectivity index (χ4v) is 2.11. The Morgan fingerprint density at radius 3 is 2.52 bits per heavy atom. The van der Waals surface area contributed by atoms with Gasteiger partial charge in [-0.1, -0.05) is 6.07 Å². The molecule has 25 heavy (non-hydrogen) atoms. The number of aryl methyl sites for hydroxylation is 2. The van der Waals surface area contributed by atoms with Gasteiger partial charge in [0.05, 0.1) is 6.07 Å². The van der Waals surface area contributed by atoms with Crippen molar-refractivity contribution < 1.29 is 23.7 Å². The van der Waals surface area contributed by atoms with Crippen molar-refractivity contribution in [2.45, 2.75) is 13.8 Å². The number of benzene rings is 1. The Bertz CT molecular complexity index is 817. The predicted octanol–water partition coefficient (Wildman–Crippen LogP) is 3.00. The van der Waals surface area contributed by atoms with Crippen LogP contribution < -0.4 is 5.32 Å². The van der Waals surface area contributed by atoms with Gasteiger partial charge < -0.3 is 14.5 Å². The molecule has 8 heteroatoms. The van der Waals surface area contributed by atoms with E-state index in [0.717, 1.165) is 17.2 Å². The largest absolute Gasteiger partial charge is 0.452 e. The number of esters is 1. The van der Waals surface area contributed by atoms with Crippen molar-refractivity contribution in [3.63, 3.8) is 0 Å². The fourth-order valence-electron chi connectivity index (χ4n) is 2.11. The van der Waals surface area contributed by atoms with E-state index in [4.69, 9.17) is 9.15 Å². The average Bonchev–Trinajstić information content (AvgIpc) is 2.99. The molecule has 1 aromatic carbocycles. The highest BCUT2D eigenvalue weighted by Gasteiger charge is 2.11. The van der Waals surface area contributed by atoms with Crippen LogP contribution in [0, 0.1) is 24.0 Å². The molecule has 130 valence electrons. The lowest BCUT2D eigenvalue weighted by Gasteiger charge is -2.07. The van der Waals surface area contributed by atoms with E-state index in [2.05, 4.69) is 5.32 Å². The summed E-state index contributed by atoms with van der Waals surface area (Å²) in [5.74, 6) is -1.54. The maximum atomic E-state index is 11.8. The molecule has 0 radical (unpaired) electrons. The van der Waals surface area contributed by atoms with Crippen molar-refractivity contribution >= 4 is 29.5 Å². The summed E-state index contributed by atoms with van der Waals surface area (Å²) in [6, 6.07) is 8.09. The number of nitrogens with one attached hydrogen (secondary N) is 1. The molecule has 0 aliphatic heterocycles. The van der Waals surface area contributed by atoms with Gasteiger partial charge in [-0.15, -0.1) is 0 Å². The summed E-state index contributed by atoms with van der Waals surface area (Å²) in [5.41, 5.74) is 2.63. The van der Waals surface area contributed by atoms with E-state index in [1.807, 2.05) is 19.9 Å². The minimum Gasteiger partial charge on any atom is -0.452 e. The van der Waals surface area contributed by atoms with Crippen LogP contribution in [0.25, 0.3) is 6.08 Å². The first-order chi connectivity index (χ1) is 11.8. The molecule has 0 unspecified atom stereocenters. The summed E-state index contributed by atoms with van der Waals surface area (Å²) < 4.78 is 9.65. The molecule has 1 N–H and O–H groups in total. The predicted molar refractivity (Wildman–Crippen MR) is 89.9 cm³/mol. The quantitative estimate of drug-likeness (QED) is 0.373. The number of ether oxygens (including phenoxy) is 1. The third-order valence-corrected chi connectivity index (χ3v) is 3.03. The van der Waals surface area contributed by atoms with Crippen LogP contribution in [0.5, 0.6) is 0 Å². The number of furan rings is 1. The monoisotopic (exact) mass is 344 g/mol. The lowest BCUT2D eigenvalue weighted by Crippen LogP contribution is -2.20. The van der Waals surface area contributed by atoms with Crippen molar-refractivity contribution in [2.24, 2.45) is 0 Å². The molecule has 1 heterocycles. The number of nitrogens with zero attached hydrogens (tertiary/aromatic N) is 1. The number of hydrogen-bond acceptors (Lipinski definition) is 6. The number of nitro groups is 1. The van der Waals surface area contributed by atoms with Gasteiger partial charge >= 0.3 is 11.9 Å². The smallest absolute Gasteiger partial charge is 0.433 e. The second-order valence-electron chi connectivity index (χ2n) is 5.30. The summed E-state index contributed by atoms with van der Waals surface area (Å²) >= 11 is 0. The molecule has 1 aromatic heterocycles. The molecule has 2 rings (SSSR count). The molecular formula is C17H16N2O6. The van der Waals surface area contributed by atoms with Gasteiger partial charge in [0.25, 0.3) is 5.91 Å². The van der Waals surface area contributed by atoms with Crippen LogP contribution in [-0.4, -0.2) is 23.4 Å². The Morgan fingerprint density at radius 1 is 1.24 bits per heavy atom. The van der Waals surface area contributed by atoms with Crippen LogP contribution in [0.1, 0.15) is 16.9 Å². The molecule has 1 amide bonds. The maximum Gasteiger partial charge on any atom is 0.433 e. The van der Waals surface area contributed by atoms with E-state index >= 15 is 0 Å². The maximum absolute atomic E-state index is 11.8. The molecule has 0 aliphatic carbocycles. The number of rotatable bonds is 6. The third-order valence-electron chi connectivity index (χ3n) is 3.03. The Morgan fingerprint density at radius 2 is 1.92 bits per heavy atom. The molecule has 0 saturated heterocycles. The van der Waals surface area contributed by atoms with E-state index in [0.29, 0.717) is 5.69 Å². The Balaban J connectivity index is 1.83. The van der Waals surface area contributed by atoms with Crippen LogP contribution >= 0.6 is 0 Å². The summed E-state index contributed by atoms with van der Waals surface area (Å²) in [7, 11) is 0. The highest BCUT2D eigenvalue weighted by molar-refractivity contribution is 5.94. The first kappa shape index (κ1) is 17.9. The van der Waals surface area contributed by atoms with Gasteiger partial charge in [-0.3, -0.25) is 14.9 Å². The SMILES string of the molecule is Cc1cc(C)cc(NC(=O)COC(=O)/C=C/c2ccc([N+](=O)[O-])o2)c1. The van der Waals surface area contributed by atoms with Crippen molar-refractivity contribution in [2.75, 3.05) is 11.9 Å². The molecule has 0 atom stereocenters. The van der Waals surface area contributed by atoms with Gasteiger partial charge in [0.1, 0.15) is 10.7 Å². The van der Waals surface area contributed by atoms with Gasteiger partial charge in [0, 0.05) is 11.8 Å². The summed E-state index contributed by atoms with van der Waals surface area (Å²) in [6.07, 6.45) is 2.24. The highest BCUT2D eigenvalue weighted by Crippen LogP contribution is 2.16. The zero-order valence-corrected chi connectivity index (χ0v) is 13.6. The van der Waals surface area contributed by atoms with Crippen molar-refractivity contribution in [1.29, 1.82) is 0 Å². The number of amides is 1. The van der Waals surface area contributed by atoms with Crippen LogP contribution in [-0.2, 0) is 14.3 Å². The van der Waals surface area contributed by atoms with Gasteiger partial charge in [-0.05, 0) is 49.2 Å². The van der Waals surface area contributed by atoms with Gasteiger partial charge in [-0.2, -0.15) is 0 Å². The van der Waals surface area contributed by atoms with Crippen molar-refractivity contribution in [3.05, 3.63) is 63.4 Å². The van der Waals surface area contributed by atoms with E-state index < -0.39 is 29.3 Å². The van der Waals surface area contributed by atoms with Crippen LogP contribution in [0.4, 0.5) is 11.6 Å². The standard InChI is InChI=1S/C17H16N2O6/c1-11-7-12(2)9-13(8-11)18-15(20)10-24-17(21)6-4-14-3-5-16(25-14)19(22)23/h3-9H,10H2,1-2H3,(H,18,20)/b6-4+. The first-order valence-electron chi connectivity index (χ1n) is 7.31. The van der Waals surface area contributed by atoms with E-state index in [1.54, 1.807) is 12.1 Å². The normalized spacial score (nSPS) is 10.6.